The van der Waals surface area contributed by atoms with Crippen LogP contribution in [0.15, 0.2) is 41.3 Å². The average Bonchev–Trinajstić information content (AvgIpc) is 2.84. The van der Waals surface area contributed by atoms with E-state index in [2.05, 4.69) is 15.8 Å². The van der Waals surface area contributed by atoms with E-state index in [4.69, 9.17) is 9.52 Å². The second kappa shape index (κ2) is 5.29. The molecule has 1 aromatic heterocycles. The van der Waals surface area contributed by atoms with Crippen molar-refractivity contribution < 1.29 is 9.52 Å². The Bertz CT molecular complexity index is 411. The van der Waals surface area contributed by atoms with Crippen LogP contribution in [0.3, 0.4) is 0 Å². The highest BCUT2D eigenvalue weighted by Crippen LogP contribution is 2.20. The number of aliphatic hydroxyl groups is 1. The topological polar surface area (TPSA) is 70.3 Å². The number of aromatic nitrogens is 1. The van der Waals surface area contributed by atoms with Gasteiger partial charge in [-0.1, -0.05) is 0 Å². The monoisotopic (exact) mass is 219 g/mol. The second-order valence-corrected chi connectivity index (χ2v) is 3.22. The number of nitrogens with one attached hydrogen (secondary N) is 2. The Kier molecular flexibility index (Phi) is 3.53. The van der Waals surface area contributed by atoms with Crippen LogP contribution >= 0.6 is 0 Å². The Balaban J connectivity index is 2.00. The second-order valence-electron chi connectivity index (χ2n) is 3.22. The molecule has 5 nitrogen and oxygen atoms in total. The van der Waals surface area contributed by atoms with Crippen molar-refractivity contribution in [2.45, 2.75) is 0 Å². The number of oxazole rings is 1. The number of hydrogen-bond donors (Lipinski definition) is 3. The fraction of sp³-hybridized carbons (Fsp3) is 0.182. The lowest BCUT2D eigenvalue weighted by molar-refractivity contribution is 0.296. The molecule has 0 spiro atoms. The molecule has 0 saturated carbocycles. The van der Waals surface area contributed by atoms with Gasteiger partial charge in [0, 0.05) is 17.8 Å². The van der Waals surface area contributed by atoms with Crippen molar-refractivity contribution in [2.24, 2.45) is 0 Å². The zero-order valence-electron chi connectivity index (χ0n) is 8.68. The standard InChI is InChI=1S/C11H13N3O2/c15-6-5-13-14-10-3-1-9(2-4-10)11-7-12-8-16-11/h1-4,7-8,13-15H,5-6H2. The molecular formula is C11H13N3O2. The van der Waals surface area contributed by atoms with E-state index < -0.39 is 0 Å². The van der Waals surface area contributed by atoms with E-state index in [1.807, 2.05) is 24.3 Å². The third-order valence-corrected chi connectivity index (χ3v) is 2.07. The first-order valence-electron chi connectivity index (χ1n) is 4.99. The molecule has 0 fully saturated rings. The fourth-order valence-corrected chi connectivity index (χ4v) is 1.30. The summed E-state index contributed by atoms with van der Waals surface area (Å²) in [4.78, 5) is 3.86. The highest BCUT2D eigenvalue weighted by Gasteiger charge is 2.00. The average molecular weight is 219 g/mol. The molecule has 0 aliphatic heterocycles. The molecule has 3 N–H and O–H groups in total. The maximum Gasteiger partial charge on any atom is 0.181 e. The van der Waals surface area contributed by atoms with Gasteiger partial charge in [-0.15, -0.1) is 0 Å². The molecule has 16 heavy (non-hydrogen) atoms. The zero-order chi connectivity index (χ0) is 11.2. The number of hydrogen-bond acceptors (Lipinski definition) is 5. The molecule has 0 radical (unpaired) electrons. The Morgan fingerprint density at radius 3 is 2.69 bits per heavy atom. The molecule has 0 saturated heterocycles. The summed E-state index contributed by atoms with van der Waals surface area (Å²) in [6.45, 7) is 0.604. The SMILES string of the molecule is OCCNNc1ccc(-c2cnco2)cc1. The third-order valence-electron chi connectivity index (χ3n) is 2.07. The lowest BCUT2D eigenvalue weighted by Gasteiger charge is -2.06. The van der Waals surface area contributed by atoms with Crippen molar-refractivity contribution in [3.05, 3.63) is 36.9 Å². The number of anilines is 1. The number of nitrogens with zero attached hydrogens (tertiary/aromatic N) is 1. The van der Waals surface area contributed by atoms with Crippen LogP contribution in [0.5, 0.6) is 0 Å². The van der Waals surface area contributed by atoms with Crippen LogP contribution in [0.1, 0.15) is 0 Å². The molecule has 2 rings (SSSR count). The van der Waals surface area contributed by atoms with Gasteiger partial charge in [-0.3, -0.25) is 0 Å². The van der Waals surface area contributed by atoms with Gasteiger partial charge in [0.25, 0.3) is 0 Å². The van der Waals surface area contributed by atoms with Gasteiger partial charge < -0.3 is 14.9 Å². The van der Waals surface area contributed by atoms with Crippen LogP contribution < -0.4 is 10.9 Å². The fourth-order valence-electron chi connectivity index (χ4n) is 1.30. The smallest absolute Gasteiger partial charge is 0.181 e. The van der Waals surface area contributed by atoms with Gasteiger partial charge in [0.05, 0.1) is 12.8 Å². The molecular weight excluding hydrogens is 206 g/mol. The number of aliphatic hydroxyl groups excluding tert-OH is 1. The lowest BCUT2D eigenvalue weighted by atomic mass is 10.2. The summed E-state index contributed by atoms with van der Waals surface area (Å²) < 4.78 is 5.18. The van der Waals surface area contributed by atoms with Crippen molar-refractivity contribution in [3.8, 4) is 11.3 Å². The van der Waals surface area contributed by atoms with Crippen molar-refractivity contribution in [1.29, 1.82) is 0 Å². The molecule has 1 heterocycles. The number of hydrazine groups is 1. The van der Waals surface area contributed by atoms with Crippen LogP contribution in [0.2, 0.25) is 0 Å². The highest BCUT2D eigenvalue weighted by molar-refractivity contribution is 5.60. The van der Waals surface area contributed by atoms with E-state index in [1.54, 1.807) is 6.20 Å². The minimum Gasteiger partial charge on any atom is -0.444 e. The van der Waals surface area contributed by atoms with Gasteiger partial charge in [-0.25, -0.2) is 10.4 Å². The van der Waals surface area contributed by atoms with E-state index in [9.17, 15) is 0 Å². The summed E-state index contributed by atoms with van der Waals surface area (Å²) in [6.07, 6.45) is 3.08. The van der Waals surface area contributed by atoms with Crippen molar-refractivity contribution in [3.63, 3.8) is 0 Å². The van der Waals surface area contributed by atoms with E-state index in [0.29, 0.717) is 6.54 Å². The molecule has 0 unspecified atom stereocenters. The van der Waals surface area contributed by atoms with Crippen LogP contribution in [-0.4, -0.2) is 23.2 Å². The van der Waals surface area contributed by atoms with Crippen LogP contribution in [0.25, 0.3) is 11.3 Å². The first-order chi connectivity index (χ1) is 7.90. The molecule has 2 aromatic rings. The molecule has 1 aromatic carbocycles. The van der Waals surface area contributed by atoms with Crippen molar-refractivity contribution >= 4 is 5.69 Å². The Labute approximate surface area is 93.1 Å². The van der Waals surface area contributed by atoms with Gasteiger partial charge >= 0.3 is 0 Å². The minimum atomic E-state index is 0.100. The summed E-state index contributed by atoms with van der Waals surface area (Å²) in [5.74, 6) is 0.745. The molecule has 0 atom stereocenters. The first-order valence-corrected chi connectivity index (χ1v) is 4.99. The third kappa shape index (κ3) is 2.59. The summed E-state index contributed by atoms with van der Waals surface area (Å²) in [5, 5.41) is 8.59. The first kappa shape index (κ1) is 10.7. The van der Waals surface area contributed by atoms with Gasteiger partial charge in [0.1, 0.15) is 0 Å². The Morgan fingerprint density at radius 1 is 1.25 bits per heavy atom. The number of rotatable bonds is 5. The molecule has 0 aliphatic rings. The zero-order valence-corrected chi connectivity index (χ0v) is 8.68. The van der Waals surface area contributed by atoms with E-state index in [-0.39, 0.29) is 6.61 Å². The maximum atomic E-state index is 8.59. The van der Waals surface area contributed by atoms with Crippen molar-refractivity contribution in [2.75, 3.05) is 18.6 Å². The van der Waals surface area contributed by atoms with Crippen LogP contribution in [0, 0.1) is 0 Å². The summed E-state index contributed by atoms with van der Waals surface area (Å²) in [7, 11) is 0. The quantitative estimate of drug-likeness (QED) is 0.521. The van der Waals surface area contributed by atoms with Gasteiger partial charge in [-0.05, 0) is 24.3 Å². The number of benzene rings is 1. The molecule has 84 valence electrons. The predicted molar refractivity (Wildman–Crippen MR) is 60.7 cm³/mol. The molecule has 5 heteroatoms. The van der Waals surface area contributed by atoms with E-state index >= 15 is 0 Å². The van der Waals surface area contributed by atoms with Gasteiger partial charge in [0.15, 0.2) is 12.2 Å². The summed E-state index contributed by atoms with van der Waals surface area (Å²) in [6, 6.07) is 7.71. The predicted octanol–water partition coefficient (Wildman–Crippen LogP) is 1.25. The summed E-state index contributed by atoms with van der Waals surface area (Å²) >= 11 is 0. The highest BCUT2D eigenvalue weighted by atomic mass is 16.3. The van der Waals surface area contributed by atoms with E-state index in [1.165, 1.54) is 6.39 Å². The normalized spacial score (nSPS) is 10.3. The molecule has 0 amide bonds. The van der Waals surface area contributed by atoms with Crippen LogP contribution in [-0.2, 0) is 0 Å². The maximum absolute atomic E-state index is 8.59. The molecule has 0 bridgehead atoms. The van der Waals surface area contributed by atoms with E-state index in [0.717, 1.165) is 17.0 Å². The Hall–Kier alpha value is -1.85. The van der Waals surface area contributed by atoms with Crippen molar-refractivity contribution in [1.82, 2.24) is 10.4 Å². The van der Waals surface area contributed by atoms with Gasteiger partial charge in [-0.2, -0.15) is 0 Å². The minimum absolute atomic E-state index is 0.100. The van der Waals surface area contributed by atoms with Gasteiger partial charge in [0.2, 0.25) is 0 Å². The molecule has 0 aliphatic carbocycles. The largest absolute Gasteiger partial charge is 0.444 e. The summed E-state index contributed by atoms with van der Waals surface area (Å²) in [5.41, 5.74) is 7.74. The Morgan fingerprint density at radius 2 is 2.06 bits per heavy atom. The van der Waals surface area contributed by atoms with Crippen LogP contribution in [0.4, 0.5) is 5.69 Å². The lowest BCUT2D eigenvalue weighted by Crippen LogP contribution is -2.24.